The molecule has 0 bridgehead atoms. The molecule has 0 amide bonds. The number of nitrogens with zero attached hydrogens (tertiary/aromatic N) is 6. The molecule has 0 aliphatic rings. The maximum Gasteiger partial charge on any atom is 0.479 e. The van der Waals surface area contributed by atoms with E-state index in [1.54, 1.807) is 0 Å². The van der Waals surface area contributed by atoms with Gasteiger partial charge in [-0.15, -0.1) is 0 Å². The Bertz CT molecular complexity index is 706. The fraction of sp³-hybridized carbons (Fsp3) is 0.769. The van der Waals surface area contributed by atoms with E-state index in [4.69, 9.17) is 0 Å². The Morgan fingerprint density at radius 3 is 1.29 bits per heavy atom. The third kappa shape index (κ3) is 6.98. The molecule has 0 saturated heterocycles. The van der Waals surface area contributed by atoms with E-state index in [9.17, 15) is 55.3 Å². The van der Waals surface area contributed by atoms with Crippen molar-refractivity contribution in [1.29, 1.82) is 5.26 Å². The first-order chi connectivity index (χ1) is 14.2. The molecule has 18 nitrogen and oxygen atoms in total. The second-order valence-electron chi connectivity index (χ2n) is 6.13. The van der Waals surface area contributed by atoms with Crippen LogP contribution in [0.2, 0.25) is 0 Å². The quantitative estimate of drug-likeness (QED) is 0.0782. The van der Waals surface area contributed by atoms with Crippen LogP contribution in [0.25, 0.3) is 0 Å². The van der Waals surface area contributed by atoms with Crippen LogP contribution in [-0.2, 0) is 19.1 Å². The minimum atomic E-state index is -3.17. The van der Waals surface area contributed by atoms with Crippen molar-refractivity contribution in [3.8, 4) is 6.19 Å². The minimum Gasteiger partial charge on any atom is -0.465 e. The first-order valence-electron chi connectivity index (χ1n) is 8.24. The highest BCUT2D eigenvalue weighted by molar-refractivity contribution is 5.66. The lowest BCUT2D eigenvalue weighted by molar-refractivity contribution is -0.804. The van der Waals surface area contributed by atoms with E-state index in [0.717, 1.165) is 13.8 Å². The Kier molecular flexibility index (Phi) is 9.63. The predicted molar refractivity (Wildman–Crippen MR) is 93.1 cm³/mol. The van der Waals surface area contributed by atoms with Crippen molar-refractivity contribution in [1.82, 2.24) is 4.90 Å². The van der Waals surface area contributed by atoms with Gasteiger partial charge in [-0.3, -0.25) is 54.9 Å². The van der Waals surface area contributed by atoms with Gasteiger partial charge in [-0.25, -0.2) is 0 Å². The number of hydrogen-bond donors (Lipinski definition) is 0. The Hall–Kier alpha value is -4.17. The summed E-state index contributed by atoms with van der Waals surface area (Å²) in [5.74, 6) is -1.80. The average molecular weight is 450 g/mol. The molecule has 0 aromatic rings. The summed E-state index contributed by atoms with van der Waals surface area (Å²) in [5, 5.41) is 55.0. The molecule has 0 aliphatic heterocycles. The normalized spacial score (nSPS) is 11.0. The van der Waals surface area contributed by atoms with Crippen LogP contribution in [0.1, 0.15) is 26.7 Å². The summed E-state index contributed by atoms with van der Waals surface area (Å²) in [6.45, 7) is -2.51. The fourth-order valence-corrected chi connectivity index (χ4v) is 2.34. The molecule has 0 aromatic heterocycles. The monoisotopic (exact) mass is 450 g/mol. The smallest absolute Gasteiger partial charge is 0.465 e. The van der Waals surface area contributed by atoms with Gasteiger partial charge in [0.15, 0.2) is 19.3 Å². The maximum atomic E-state index is 11.4. The molecule has 0 atom stereocenters. The fourth-order valence-electron chi connectivity index (χ4n) is 2.34. The molecule has 0 unspecified atom stereocenters. The second kappa shape index (κ2) is 11.1. The molecule has 0 fully saturated rings. The molecule has 0 spiro atoms. The highest BCUT2D eigenvalue weighted by atomic mass is 16.7. The van der Waals surface area contributed by atoms with Crippen molar-refractivity contribution in [3.05, 3.63) is 40.5 Å². The molecule has 172 valence electrons. The molecule has 18 heteroatoms. The molecule has 0 rings (SSSR count). The Balaban J connectivity index is 5.96. The first kappa shape index (κ1) is 26.8. The summed E-state index contributed by atoms with van der Waals surface area (Å²) in [6.07, 6.45) is -0.821. The number of carbonyl (C=O) groups is 2. The average Bonchev–Trinajstić information content (AvgIpc) is 2.63. The zero-order valence-corrected chi connectivity index (χ0v) is 16.3. The van der Waals surface area contributed by atoms with Gasteiger partial charge in [0, 0.05) is 13.8 Å². The lowest BCUT2D eigenvalue weighted by Crippen LogP contribution is -2.60. The first-order valence-corrected chi connectivity index (χ1v) is 8.24. The highest BCUT2D eigenvalue weighted by Crippen LogP contribution is 2.23. The van der Waals surface area contributed by atoms with Crippen molar-refractivity contribution in [2.75, 3.05) is 26.3 Å². The largest absolute Gasteiger partial charge is 0.479 e. The van der Waals surface area contributed by atoms with Crippen molar-refractivity contribution >= 4 is 11.9 Å². The van der Waals surface area contributed by atoms with Crippen LogP contribution in [0.3, 0.4) is 0 Å². The highest BCUT2D eigenvalue weighted by Gasteiger charge is 2.62. The summed E-state index contributed by atoms with van der Waals surface area (Å²) in [5.41, 5.74) is -6.33. The molecule has 0 heterocycles. The van der Waals surface area contributed by atoms with E-state index in [1.165, 1.54) is 6.19 Å². The van der Waals surface area contributed by atoms with Gasteiger partial charge >= 0.3 is 23.3 Å². The van der Waals surface area contributed by atoms with Gasteiger partial charge < -0.3 is 9.47 Å². The second-order valence-corrected chi connectivity index (χ2v) is 6.13. The molecule has 0 aliphatic carbocycles. The number of carbonyl (C=O) groups excluding carboxylic acids is 2. The Labute approximate surface area is 172 Å². The van der Waals surface area contributed by atoms with E-state index in [-0.39, 0.29) is 4.90 Å². The van der Waals surface area contributed by atoms with Crippen molar-refractivity contribution < 1.29 is 38.8 Å². The Morgan fingerprint density at radius 1 is 0.806 bits per heavy atom. The topological polar surface area (TPSA) is 252 Å². The maximum absolute atomic E-state index is 11.4. The van der Waals surface area contributed by atoms with E-state index in [2.05, 4.69) is 9.47 Å². The van der Waals surface area contributed by atoms with Crippen molar-refractivity contribution in [2.45, 2.75) is 38.0 Å². The van der Waals surface area contributed by atoms with Gasteiger partial charge in [0.05, 0.1) is 0 Å². The molecular weight excluding hydrogens is 432 g/mol. The van der Waals surface area contributed by atoms with Crippen LogP contribution in [0, 0.1) is 51.9 Å². The van der Waals surface area contributed by atoms with Crippen LogP contribution in [0.4, 0.5) is 0 Å². The van der Waals surface area contributed by atoms with E-state index < -0.39 is 82.1 Å². The van der Waals surface area contributed by atoms with Gasteiger partial charge in [-0.2, -0.15) is 5.26 Å². The van der Waals surface area contributed by atoms with Crippen LogP contribution in [-0.4, -0.2) is 74.2 Å². The van der Waals surface area contributed by atoms with E-state index in [1.807, 2.05) is 0 Å². The molecule has 0 radical (unpaired) electrons. The summed E-state index contributed by atoms with van der Waals surface area (Å²) < 4.78 is 8.90. The zero-order chi connectivity index (χ0) is 24.4. The number of nitriles is 1. The molecule has 0 aromatic carbocycles. The van der Waals surface area contributed by atoms with Crippen molar-refractivity contribution in [3.63, 3.8) is 0 Å². The number of hydrogen-bond acceptors (Lipinski definition) is 14. The van der Waals surface area contributed by atoms with E-state index in [0.29, 0.717) is 0 Å². The SMILES string of the molecule is CC(=O)OCCC(CN(C#N)CC(CCOC(C)=O)([N+](=O)[O-])[N+](=O)[O-])([N+](=O)[O-])[N+](=O)[O-]. The Morgan fingerprint density at radius 2 is 1.10 bits per heavy atom. The number of nitro groups is 4. The molecule has 31 heavy (non-hydrogen) atoms. The van der Waals surface area contributed by atoms with E-state index >= 15 is 0 Å². The molecule has 0 saturated carbocycles. The van der Waals surface area contributed by atoms with Crippen LogP contribution in [0.15, 0.2) is 0 Å². The molecular formula is C13H18N6O12. The number of rotatable bonds is 14. The van der Waals surface area contributed by atoms with Gasteiger partial charge in [0.1, 0.15) is 45.7 Å². The van der Waals surface area contributed by atoms with Gasteiger partial charge in [-0.05, 0) is 0 Å². The zero-order valence-electron chi connectivity index (χ0n) is 16.3. The van der Waals surface area contributed by atoms with Gasteiger partial charge in [-0.1, -0.05) is 0 Å². The minimum absolute atomic E-state index is 0.124. The van der Waals surface area contributed by atoms with Crippen LogP contribution < -0.4 is 0 Å². The third-order valence-electron chi connectivity index (χ3n) is 4.00. The van der Waals surface area contributed by atoms with Gasteiger partial charge in [0.25, 0.3) is 0 Å². The van der Waals surface area contributed by atoms with Crippen LogP contribution in [0.5, 0.6) is 0 Å². The van der Waals surface area contributed by atoms with Crippen molar-refractivity contribution in [2.24, 2.45) is 0 Å². The summed E-state index contributed by atoms with van der Waals surface area (Å²) in [4.78, 5) is 61.9. The number of esters is 2. The summed E-state index contributed by atoms with van der Waals surface area (Å²) in [7, 11) is 0. The summed E-state index contributed by atoms with van der Waals surface area (Å²) in [6, 6.07) is 0. The van der Waals surface area contributed by atoms with Crippen LogP contribution >= 0.6 is 0 Å². The predicted octanol–water partition coefficient (Wildman–Crippen LogP) is -0.825. The van der Waals surface area contributed by atoms with Gasteiger partial charge in [0.2, 0.25) is 0 Å². The lowest BCUT2D eigenvalue weighted by atomic mass is 10.0. The summed E-state index contributed by atoms with van der Waals surface area (Å²) >= 11 is 0. The standard InChI is InChI=1S/C13H18N6O12/c1-10(20)30-5-3-12(16(22)23,17(24)25)7-15(9-14)8-13(18(26)27,19(28)29)4-6-31-11(2)21/h3-8H2,1-2H3. The molecule has 0 N–H and O–H groups in total. The lowest BCUT2D eigenvalue weighted by Gasteiger charge is -2.25. The third-order valence-corrected chi connectivity index (χ3v) is 4.00. The number of ether oxygens (including phenoxy) is 2.